The van der Waals surface area contributed by atoms with E-state index in [1.165, 1.54) is 15.4 Å². The van der Waals surface area contributed by atoms with Crippen molar-refractivity contribution in [3.05, 3.63) is 64.3 Å². The summed E-state index contributed by atoms with van der Waals surface area (Å²) in [5, 5.41) is 7.51. The van der Waals surface area contributed by atoms with E-state index in [-0.39, 0.29) is 6.54 Å². The summed E-state index contributed by atoms with van der Waals surface area (Å²) < 4.78 is 27.7. The van der Waals surface area contributed by atoms with E-state index in [2.05, 4.69) is 41.2 Å². The van der Waals surface area contributed by atoms with Gasteiger partial charge in [0.05, 0.1) is 28.2 Å². The highest BCUT2D eigenvalue weighted by molar-refractivity contribution is 7.89. The van der Waals surface area contributed by atoms with Crippen molar-refractivity contribution >= 4 is 21.1 Å². The Morgan fingerprint density at radius 3 is 2.67 bits per heavy atom. The van der Waals surface area contributed by atoms with Crippen LogP contribution in [0.3, 0.4) is 0 Å². The summed E-state index contributed by atoms with van der Waals surface area (Å²) in [7, 11) is -3.55. The second-order valence-electron chi connectivity index (χ2n) is 7.97. The minimum Gasteiger partial charge on any atom is -0.337 e. The van der Waals surface area contributed by atoms with Gasteiger partial charge in [0, 0.05) is 12.1 Å². The Morgan fingerprint density at radius 1 is 1.07 bits per heavy atom. The van der Waals surface area contributed by atoms with Crippen LogP contribution in [0.15, 0.2) is 41.3 Å². The van der Waals surface area contributed by atoms with E-state index in [1.807, 2.05) is 13.0 Å². The van der Waals surface area contributed by atoms with Crippen LogP contribution in [0.25, 0.3) is 22.6 Å². The lowest BCUT2D eigenvalue weighted by atomic mass is 10.1. The van der Waals surface area contributed by atoms with Crippen LogP contribution in [-0.4, -0.2) is 39.4 Å². The van der Waals surface area contributed by atoms with Gasteiger partial charge in [0.25, 0.3) is 0 Å². The molecule has 0 radical (unpaired) electrons. The molecule has 8 heteroatoms. The molecular formula is C22H23N5O2S. The number of nitrogens with one attached hydrogen (secondary N) is 2. The number of imidazole rings is 1. The number of rotatable bonds is 3. The molecule has 2 aromatic carbocycles. The Bertz CT molecular complexity index is 1350. The summed E-state index contributed by atoms with van der Waals surface area (Å²) >= 11 is 0. The Labute approximate surface area is 175 Å². The van der Waals surface area contributed by atoms with Crippen LogP contribution in [0.5, 0.6) is 0 Å². The average Bonchev–Trinajstić information content (AvgIpc) is 3.31. The van der Waals surface area contributed by atoms with Crippen LogP contribution in [0.2, 0.25) is 0 Å². The molecule has 2 aromatic heterocycles. The van der Waals surface area contributed by atoms with Gasteiger partial charge >= 0.3 is 0 Å². The summed E-state index contributed by atoms with van der Waals surface area (Å²) in [6, 6.07) is 11.2. The van der Waals surface area contributed by atoms with Gasteiger partial charge in [0.2, 0.25) is 10.0 Å². The number of hydrogen-bond donors (Lipinski definition) is 2. The zero-order valence-corrected chi connectivity index (χ0v) is 18.0. The first-order valence-corrected chi connectivity index (χ1v) is 11.4. The number of sulfonamides is 1. The second kappa shape index (κ2) is 6.78. The van der Waals surface area contributed by atoms with E-state index in [4.69, 9.17) is 4.98 Å². The third-order valence-corrected chi connectivity index (χ3v) is 7.69. The zero-order chi connectivity index (χ0) is 21.0. The smallest absolute Gasteiger partial charge is 0.243 e. The molecule has 0 amide bonds. The first-order chi connectivity index (χ1) is 14.3. The second-order valence-corrected chi connectivity index (χ2v) is 9.91. The van der Waals surface area contributed by atoms with Crippen molar-refractivity contribution in [3.63, 3.8) is 0 Å². The van der Waals surface area contributed by atoms with Gasteiger partial charge in [-0.2, -0.15) is 9.40 Å². The van der Waals surface area contributed by atoms with Crippen molar-refractivity contribution in [3.8, 4) is 11.5 Å². The number of nitrogens with zero attached hydrogens (tertiary/aromatic N) is 3. The van der Waals surface area contributed by atoms with Crippen LogP contribution in [-0.2, 0) is 23.0 Å². The molecule has 3 heterocycles. The maximum absolute atomic E-state index is 13.1. The number of aryl methyl sites for hydroxylation is 3. The molecule has 0 spiro atoms. The number of H-pyrrole nitrogens is 2. The van der Waals surface area contributed by atoms with Gasteiger partial charge in [0.15, 0.2) is 5.82 Å². The molecule has 0 saturated carbocycles. The molecule has 0 saturated heterocycles. The average molecular weight is 422 g/mol. The van der Waals surface area contributed by atoms with Crippen molar-refractivity contribution < 1.29 is 8.42 Å². The quantitative estimate of drug-likeness (QED) is 0.528. The van der Waals surface area contributed by atoms with E-state index in [0.717, 1.165) is 33.5 Å². The number of hydrogen-bond acceptors (Lipinski definition) is 4. The monoisotopic (exact) mass is 421 g/mol. The summed E-state index contributed by atoms with van der Waals surface area (Å²) in [6.07, 6.45) is 0.585. The van der Waals surface area contributed by atoms with Gasteiger partial charge in [-0.25, -0.2) is 13.4 Å². The van der Waals surface area contributed by atoms with Crippen LogP contribution in [0.1, 0.15) is 27.9 Å². The normalized spacial score (nSPS) is 14.9. The molecule has 2 N–H and O–H groups in total. The highest BCUT2D eigenvalue weighted by atomic mass is 32.2. The number of aromatic nitrogens is 4. The fourth-order valence-corrected chi connectivity index (χ4v) is 5.52. The maximum atomic E-state index is 13.1. The minimum absolute atomic E-state index is 0.275. The molecular weight excluding hydrogens is 398 g/mol. The predicted octanol–water partition coefficient (Wildman–Crippen LogP) is 3.63. The molecule has 0 aliphatic carbocycles. The Morgan fingerprint density at radius 2 is 1.87 bits per heavy atom. The Hall–Kier alpha value is -2.97. The highest BCUT2D eigenvalue weighted by Gasteiger charge is 2.31. The zero-order valence-electron chi connectivity index (χ0n) is 17.2. The van der Waals surface area contributed by atoms with Gasteiger partial charge in [0.1, 0.15) is 5.69 Å². The number of aromatic amines is 2. The topological polar surface area (TPSA) is 94.7 Å². The van der Waals surface area contributed by atoms with E-state index >= 15 is 0 Å². The fourth-order valence-electron chi connectivity index (χ4n) is 4.00. The standard InChI is InChI=1S/C22H23N5O2S/c1-13-5-4-6-16(9-13)30(28,29)27-8-7-17-20(12-27)25-26-21(17)22-23-18-10-14(2)15(3)11-19(18)24-22/h4-6,9-11H,7-8,12H2,1-3H3,(H,23,24)(H,25,26). The predicted molar refractivity (Wildman–Crippen MR) is 116 cm³/mol. The van der Waals surface area contributed by atoms with Gasteiger partial charge in [-0.15, -0.1) is 0 Å². The van der Waals surface area contributed by atoms with E-state index < -0.39 is 10.0 Å². The number of fused-ring (bicyclic) bond motifs is 2. The molecule has 0 unspecified atom stereocenters. The van der Waals surface area contributed by atoms with Crippen molar-refractivity contribution in [1.82, 2.24) is 24.5 Å². The number of benzene rings is 2. The van der Waals surface area contributed by atoms with Crippen LogP contribution >= 0.6 is 0 Å². The molecule has 0 atom stereocenters. The Kier molecular flexibility index (Phi) is 4.30. The van der Waals surface area contributed by atoms with Crippen molar-refractivity contribution in [2.75, 3.05) is 6.54 Å². The van der Waals surface area contributed by atoms with E-state index in [1.54, 1.807) is 18.2 Å². The lowest BCUT2D eigenvalue weighted by molar-refractivity contribution is 0.387. The van der Waals surface area contributed by atoms with Crippen LogP contribution < -0.4 is 0 Å². The summed E-state index contributed by atoms with van der Waals surface area (Å²) in [5.41, 5.74) is 7.82. The largest absolute Gasteiger partial charge is 0.337 e. The van der Waals surface area contributed by atoms with Crippen molar-refractivity contribution in [2.24, 2.45) is 0 Å². The highest BCUT2D eigenvalue weighted by Crippen LogP contribution is 2.31. The first-order valence-electron chi connectivity index (χ1n) is 9.93. The summed E-state index contributed by atoms with van der Waals surface area (Å²) in [5.74, 6) is 0.711. The molecule has 154 valence electrons. The van der Waals surface area contributed by atoms with Crippen LogP contribution in [0, 0.1) is 20.8 Å². The minimum atomic E-state index is -3.55. The van der Waals surface area contributed by atoms with Gasteiger partial charge < -0.3 is 4.98 Å². The molecule has 1 aliphatic rings. The lowest BCUT2D eigenvalue weighted by Crippen LogP contribution is -2.36. The van der Waals surface area contributed by atoms with Gasteiger partial charge in [-0.3, -0.25) is 5.10 Å². The van der Waals surface area contributed by atoms with Crippen molar-refractivity contribution in [1.29, 1.82) is 0 Å². The molecule has 7 nitrogen and oxygen atoms in total. The van der Waals surface area contributed by atoms with Gasteiger partial charge in [-0.05, 0) is 68.1 Å². The summed E-state index contributed by atoms with van der Waals surface area (Å²) in [4.78, 5) is 8.41. The first kappa shape index (κ1) is 19.0. The molecule has 0 fully saturated rings. The van der Waals surface area contributed by atoms with Crippen LogP contribution in [0.4, 0.5) is 0 Å². The molecule has 0 bridgehead atoms. The van der Waals surface area contributed by atoms with Crippen molar-refractivity contribution in [2.45, 2.75) is 38.6 Å². The Balaban J connectivity index is 1.48. The SMILES string of the molecule is Cc1cccc(S(=O)(=O)N2CCc3c(-c4nc5cc(C)c(C)cc5[nH]4)n[nH]c3C2)c1. The molecule has 1 aliphatic heterocycles. The molecule has 30 heavy (non-hydrogen) atoms. The third-order valence-electron chi connectivity index (χ3n) is 5.85. The lowest BCUT2D eigenvalue weighted by Gasteiger charge is -2.26. The van der Waals surface area contributed by atoms with E-state index in [0.29, 0.717) is 23.7 Å². The fraction of sp³-hybridized carbons (Fsp3) is 0.273. The summed E-state index contributed by atoms with van der Waals surface area (Å²) in [6.45, 7) is 6.73. The maximum Gasteiger partial charge on any atom is 0.243 e. The van der Waals surface area contributed by atoms with E-state index in [9.17, 15) is 8.42 Å². The molecule has 5 rings (SSSR count). The van der Waals surface area contributed by atoms with Gasteiger partial charge in [-0.1, -0.05) is 12.1 Å². The third kappa shape index (κ3) is 3.03. The molecule has 4 aromatic rings.